The van der Waals surface area contributed by atoms with Crippen LogP contribution in [-0.4, -0.2) is 48.2 Å². The Morgan fingerprint density at radius 1 is 1.29 bits per heavy atom. The van der Waals surface area contributed by atoms with E-state index in [-0.39, 0.29) is 12.1 Å². The summed E-state index contributed by atoms with van der Waals surface area (Å²) in [5, 5.41) is 1.15. The zero-order valence-electron chi connectivity index (χ0n) is 17.2. The summed E-state index contributed by atoms with van der Waals surface area (Å²) in [6.45, 7) is 7.34. The Kier molecular flexibility index (Phi) is 7.66. The molecular formula is C23H32N2O3. The van der Waals surface area contributed by atoms with E-state index in [4.69, 9.17) is 9.47 Å². The molecule has 1 aromatic carbocycles. The fourth-order valence-corrected chi connectivity index (χ4v) is 3.79. The lowest BCUT2D eigenvalue weighted by atomic mass is 10.0. The third kappa shape index (κ3) is 5.68. The topological polar surface area (TPSA) is 51.7 Å². The molecule has 5 nitrogen and oxygen atoms in total. The molecule has 1 fully saturated rings. The number of unbranched alkanes of at least 4 members (excludes halogenated alkanes) is 1. The van der Waals surface area contributed by atoms with Gasteiger partial charge in [-0.25, -0.2) is 0 Å². The number of aromatic nitrogens is 1. The number of aryl methyl sites for hydroxylation is 1. The molecule has 1 aromatic heterocycles. The Hall–Kier alpha value is -2.14. The average molecular weight is 385 g/mol. The molecule has 2 aromatic rings. The van der Waals surface area contributed by atoms with Gasteiger partial charge < -0.3 is 9.47 Å². The lowest BCUT2D eigenvalue weighted by molar-refractivity contribution is -0.143. The second kappa shape index (κ2) is 10.4. The molecule has 0 N–H and O–H groups in total. The molecular weight excluding hydrogens is 352 g/mol. The van der Waals surface area contributed by atoms with E-state index in [0.29, 0.717) is 13.0 Å². The number of rotatable bonds is 10. The summed E-state index contributed by atoms with van der Waals surface area (Å²) in [7, 11) is 0. The van der Waals surface area contributed by atoms with Gasteiger partial charge in [-0.05, 0) is 62.9 Å². The van der Waals surface area contributed by atoms with Crippen molar-refractivity contribution in [2.75, 3.05) is 26.2 Å². The van der Waals surface area contributed by atoms with Crippen LogP contribution in [0, 0.1) is 0 Å². The minimum atomic E-state index is -0.101. The second-order valence-corrected chi connectivity index (χ2v) is 7.51. The van der Waals surface area contributed by atoms with E-state index in [1.54, 1.807) is 0 Å². The summed E-state index contributed by atoms with van der Waals surface area (Å²) in [4.78, 5) is 18.4. The fraction of sp³-hybridized carbons (Fsp3) is 0.565. The summed E-state index contributed by atoms with van der Waals surface area (Å²) in [6, 6.07) is 8.51. The van der Waals surface area contributed by atoms with E-state index in [2.05, 4.69) is 35.0 Å². The predicted molar refractivity (Wildman–Crippen MR) is 112 cm³/mol. The monoisotopic (exact) mass is 384 g/mol. The third-order valence-corrected chi connectivity index (χ3v) is 5.23. The van der Waals surface area contributed by atoms with Gasteiger partial charge in [0.2, 0.25) is 0 Å². The highest BCUT2D eigenvalue weighted by Crippen LogP contribution is 2.29. The molecule has 1 atom stereocenters. The highest BCUT2D eigenvalue weighted by Gasteiger charge is 2.24. The van der Waals surface area contributed by atoms with E-state index < -0.39 is 0 Å². The van der Waals surface area contributed by atoms with Crippen molar-refractivity contribution in [1.82, 2.24) is 9.88 Å². The van der Waals surface area contributed by atoms with Crippen LogP contribution in [0.2, 0.25) is 0 Å². The molecule has 0 saturated carbocycles. The number of fused-ring (bicyclic) bond motifs is 1. The van der Waals surface area contributed by atoms with Crippen LogP contribution >= 0.6 is 0 Å². The molecule has 5 heteroatoms. The minimum absolute atomic E-state index is 0.101. The Labute approximate surface area is 168 Å². The molecule has 1 aliphatic heterocycles. The number of ether oxygens (including phenoxy) is 2. The number of carbonyl (C=O) groups is 1. The zero-order chi connectivity index (χ0) is 19.8. The van der Waals surface area contributed by atoms with Crippen LogP contribution in [-0.2, 0) is 16.0 Å². The van der Waals surface area contributed by atoms with Crippen LogP contribution in [0.4, 0.5) is 0 Å². The minimum Gasteiger partial charge on any atom is -0.487 e. The number of hydrogen-bond donors (Lipinski definition) is 0. The lowest BCUT2D eigenvalue weighted by Crippen LogP contribution is -2.26. The van der Waals surface area contributed by atoms with Crippen LogP contribution in [0.25, 0.3) is 10.9 Å². The first kappa shape index (κ1) is 20.6. The van der Waals surface area contributed by atoms with Crippen LogP contribution < -0.4 is 4.74 Å². The SMILES string of the molecule is CCCCc1cc(O[C@@H]2CCN(CCCC(=O)OCC)C2)c2ncccc2c1. The number of nitrogens with zero attached hydrogens (tertiary/aromatic N) is 2. The Balaban J connectivity index is 1.59. The number of carbonyl (C=O) groups excluding carboxylic acids is 1. The van der Waals surface area contributed by atoms with Gasteiger partial charge in [0.05, 0.1) is 6.61 Å². The van der Waals surface area contributed by atoms with Gasteiger partial charge >= 0.3 is 5.97 Å². The maximum Gasteiger partial charge on any atom is 0.305 e. The van der Waals surface area contributed by atoms with Crippen molar-refractivity contribution < 1.29 is 14.3 Å². The van der Waals surface area contributed by atoms with Gasteiger partial charge in [0.1, 0.15) is 17.4 Å². The first-order chi connectivity index (χ1) is 13.7. The normalized spacial score (nSPS) is 17.1. The van der Waals surface area contributed by atoms with Crippen molar-refractivity contribution in [3.63, 3.8) is 0 Å². The largest absolute Gasteiger partial charge is 0.487 e. The molecule has 2 heterocycles. The van der Waals surface area contributed by atoms with Gasteiger partial charge in [-0.2, -0.15) is 0 Å². The first-order valence-corrected chi connectivity index (χ1v) is 10.6. The molecule has 3 rings (SSSR count). The van der Waals surface area contributed by atoms with Crippen LogP contribution in [0.5, 0.6) is 5.75 Å². The van der Waals surface area contributed by atoms with Crippen molar-refractivity contribution in [3.8, 4) is 5.75 Å². The summed E-state index contributed by atoms with van der Waals surface area (Å²) in [5.74, 6) is 0.804. The number of esters is 1. The van der Waals surface area contributed by atoms with E-state index in [1.807, 2.05) is 19.2 Å². The average Bonchev–Trinajstić information content (AvgIpc) is 3.14. The van der Waals surface area contributed by atoms with E-state index >= 15 is 0 Å². The number of pyridine rings is 1. The smallest absolute Gasteiger partial charge is 0.305 e. The van der Waals surface area contributed by atoms with Crippen molar-refractivity contribution in [3.05, 3.63) is 36.0 Å². The number of hydrogen-bond acceptors (Lipinski definition) is 5. The van der Waals surface area contributed by atoms with Gasteiger partial charge in [-0.15, -0.1) is 0 Å². The molecule has 0 aliphatic carbocycles. The summed E-state index contributed by atoms with van der Waals surface area (Å²) in [5.41, 5.74) is 2.27. The predicted octanol–water partition coefficient (Wildman–Crippen LogP) is 4.37. The zero-order valence-corrected chi connectivity index (χ0v) is 17.2. The fourth-order valence-electron chi connectivity index (χ4n) is 3.79. The quantitative estimate of drug-likeness (QED) is 0.569. The van der Waals surface area contributed by atoms with Crippen LogP contribution in [0.15, 0.2) is 30.5 Å². The summed E-state index contributed by atoms with van der Waals surface area (Å²) >= 11 is 0. The second-order valence-electron chi connectivity index (χ2n) is 7.51. The standard InChI is InChI=1S/C23H32N2O3/c1-3-5-8-18-15-19-9-6-12-24-23(19)21(16-18)28-20-11-14-25(17-20)13-7-10-22(26)27-4-2/h6,9,12,15-16,20H,3-5,7-8,10-11,13-14,17H2,1-2H3/t20-/m1/s1. The van der Waals surface area contributed by atoms with E-state index in [1.165, 1.54) is 18.4 Å². The molecule has 28 heavy (non-hydrogen) atoms. The van der Waals surface area contributed by atoms with Crippen molar-refractivity contribution in [1.29, 1.82) is 0 Å². The molecule has 1 saturated heterocycles. The van der Waals surface area contributed by atoms with Crippen LogP contribution in [0.1, 0.15) is 51.5 Å². The number of likely N-dealkylation sites (tertiary alicyclic amines) is 1. The molecule has 1 aliphatic rings. The van der Waals surface area contributed by atoms with Gasteiger partial charge in [0, 0.05) is 31.1 Å². The summed E-state index contributed by atoms with van der Waals surface area (Å²) in [6.07, 6.45) is 7.78. The van der Waals surface area contributed by atoms with Crippen molar-refractivity contribution in [2.45, 2.75) is 58.5 Å². The van der Waals surface area contributed by atoms with Crippen molar-refractivity contribution >= 4 is 16.9 Å². The van der Waals surface area contributed by atoms with Gasteiger partial charge in [0.15, 0.2) is 0 Å². The first-order valence-electron chi connectivity index (χ1n) is 10.6. The maximum absolute atomic E-state index is 11.5. The van der Waals surface area contributed by atoms with E-state index in [0.717, 1.165) is 55.5 Å². The van der Waals surface area contributed by atoms with Gasteiger partial charge in [0.25, 0.3) is 0 Å². The molecule has 0 amide bonds. The number of benzene rings is 1. The molecule has 152 valence electrons. The van der Waals surface area contributed by atoms with Gasteiger partial charge in [-0.1, -0.05) is 19.4 Å². The Morgan fingerprint density at radius 3 is 3.00 bits per heavy atom. The molecule has 0 spiro atoms. The molecule has 0 bridgehead atoms. The molecule has 0 unspecified atom stereocenters. The Morgan fingerprint density at radius 2 is 2.18 bits per heavy atom. The third-order valence-electron chi connectivity index (χ3n) is 5.23. The Bertz CT molecular complexity index is 778. The van der Waals surface area contributed by atoms with Crippen molar-refractivity contribution in [2.24, 2.45) is 0 Å². The highest BCUT2D eigenvalue weighted by molar-refractivity contribution is 5.85. The molecule has 0 radical (unpaired) electrons. The van der Waals surface area contributed by atoms with E-state index in [9.17, 15) is 4.79 Å². The lowest BCUT2D eigenvalue weighted by Gasteiger charge is -2.18. The van der Waals surface area contributed by atoms with Crippen LogP contribution in [0.3, 0.4) is 0 Å². The van der Waals surface area contributed by atoms with Gasteiger partial charge in [-0.3, -0.25) is 14.7 Å². The maximum atomic E-state index is 11.5. The highest BCUT2D eigenvalue weighted by atomic mass is 16.5. The summed E-state index contributed by atoms with van der Waals surface area (Å²) < 4.78 is 11.4.